The first-order chi connectivity index (χ1) is 16.8. The van der Waals surface area contributed by atoms with E-state index in [-0.39, 0.29) is 0 Å². The van der Waals surface area contributed by atoms with Gasteiger partial charge in [0.2, 0.25) is 0 Å². The molecule has 6 rings (SSSR count). The molecule has 2 aliphatic rings. The minimum absolute atomic E-state index is 0.595. The van der Waals surface area contributed by atoms with Gasteiger partial charge in [0.05, 0.1) is 24.9 Å². The van der Waals surface area contributed by atoms with Crippen LogP contribution in [0.25, 0.3) is 22.5 Å². The van der Waals surface area contributed by atoms with Crippen molar-refractivity contribution in [3.63, 3.8) is 0 Å². The van der Waals surface area contributed by atoms with Crippen molar-refractivity contribution >= 4 is 0 Å². The molecule has 172 valence electrons. The first-order valence-electron chi connectivity index (χ1n) is 12.0. The second-order valence-electron chi connectivity index (χ2n) is 9.04. The van der Waals surface area contributed by atoms with Gasteiger partial charge in [-0.2, -0.15) is 5.10 Å². The zero-order chi connectivity index (χ0) is 22.9. The van der Waals surface area contributed by atoms with Gasteiger partial charge >= 0.3 is 0 Å². The summed E-state index contributed by atoms with van der Waals surface area (Å²) in [5, 5.41) is 4.77. The van der Waals surface area contributed by atoms with E-state index in [1.807, 2.05) is 35.3 Å². The van der Waals surface area contributed by atoms with Crippen LogP contribution in [0.5, 0.6) is 0 Å². The molecule has 1 saturated heterocycles. The van der Waals surface area contributed by atoms with Gasteiger partial charge in [-0.05, 0) is 48.2 Å². The first-order valence-corrected chi connectivity index (χ1v) is 12.0. The molecule has 0 bridgehead atoms. The molecule has 5 heterocycles. The Kier molecular flexibility index (Phi) is 5.65. The molecule has 4 aromatic rings. The highest BCUT2D eigenvalue weighted by atomic mass is 16.5. The Morgan fingerprint density at radius 2 is 2.03 bits per heavy atom. The van der Waals surface area contributed by atoms with E-state index in [4.69, 9.17) is 14.8 Å². The number of aryl methyl sites for hydroxylation is 1. The van der Waals surface area contributed by atoms with Crippen LogP contribution in [0, 0.1) is 0 Å². The second kappa shape index (κ2) is 9.08. The van der Waals surface area contributed by atoms with Crippen molar-refractivity contribution < 1.29 is 4.74 Å². The van der Waals surface area contributed by atoms with Gasteiger partial charge in [-0.15, -0.1) is 0 Å². The highest BCUT2D eigenvalue weighted by Gasteiger charge is 2.28. The van der Waals surface area contributed by atoms with Gasteiger partial charge in [-0.25, -0.2) is 9.97 Å². The number of benzene rings is 1. The largest absolute Gasteiger partial charge is 0.378 e. The molecule has 0 atom stereocenters. The van der Waals surface area contributed by atoms with Crippen molar-refractivity contribution in [1.82, 2.24) is 29.6 Å². The molecule has 3 aromatic heterocycles. The number of pyridine rings is 1. The second-order valence-corrected chi connectivity index (χ2v) is 9.04. The normalized spacial score (nSPS) is 16.3. The van der Waals surface area contributed by atoms with Crippen LogP contribution in [0.4, 0.5) is 0 Å². The van der Waals surface area contributed by atoms with Crippen LogP contribution in [0.1, 0.15) is 29.4 Å². The molecular formula is C27H28N6O. The number of hydrogen-bond donors (Lipinski definition) is 0. The minimum atomic E-state index is 0.595. The van der Waals surface area contributed by atoms with E-state index in [9.17, 15) is 0 Å². The van der Waals surface area contributed by atoms with E-state index in [0.717, 1.165) is 67.6 Å². The van der Waals surface area contributed by atoms with E-state index in [1.54, 1.807) is 6.20 Å². The monoisotopic (exact) mass is 452 g/mol. The van der Waals surface area contributed by atoms with Crippen LogP contribution in [0.3, 0.4) is 0 Å². The first kappa shape index (κ1) is 21.1. The van der Waals surface area contributed by atoms with E-state index in [2.05, 4.69) is 46.2 Å². The highest BCUT2D eigenvalue weighted by molar-refractivity contribution is 5.78. The predicted octanol–water partition coefficient (Wildman–Crippen LogP) is 3.77. The number of ether oxygens (including phenoxy) is 1. The lowest BCUT2D eigenvalue weighted by atomic mass is 9.95. The van der Waals surface area contributed by atoms with Crippen LogP contribution in [-0.2, 0) is 30.7 Å². The number of aromatic nitrogens is 5. The fourth-order valence-electron chi connectivity index (χ4n) is 4.79. The number of hydrogen-bond acceptors (Lipinski definition) is 6. The molecule has 0 spiro atoms. The molecule has 1 fully saturated rings. The van der Waals surface area contributed by atoms with E-state index in [1.165, 1.54) is 16.7 Å². The van der Waals surface area contributed by atoms with Crippen LogP contribution in [-0.4, -0.2) is 55.4 Å². The van der Waals surface area contributed by atoms with Gasteiger partial charge in [0, 0.05) is 62.0 Å². The molecule has 0 unspecified atom stereocenters. The van der Waals surface area contributed by atoms with E-state index < -0.39 is 0 Å². The van der Waals surface area contributed by atoms with Crippen molar-refractivity contribution in [3.8, 4) is 22.5 Å². The van der Waals surface area contributed by atoms with Crippen molar-refractivity contribution in [2.75, 3.05) is 19.8 Å². The van der Waals surface area contributed by atoms with Gasteiger partial charge in [0.15, 0.2) is 0 Å². The Morgan fingerprint density at radius 3 is 2.82 bits per heavy atom. The third-order valence-electron chi connectivity index (χ3n) is 6.81. The summed E-state index contributed by atoms with van der Waals surface area (Å²) in [7, 11) is 0. The Bertz CT molecular complexity index is 1300. The summed E-state index contributed by atoms with van der Waals surface area (Å²) in [6.45, 7) is 6.76. The zero-order valence-electron chi connectivity index (χ0n) is 19.4. The van der Waals surface area contributed by atoms with Crippen molar-refractivity contribution in [2.24, 2.45) is 0 Å². The van der Waals surface area contributed by atoms with Crippen molar-refractivity contribution in [3.05, 3.63) is 83.7 Å². The quantitative estimate of drug-likeness (QED) is 0.444. The summed E-state index contributed by atoms with van der Waals surface area (Å²) in [6.07, 6.45) is 9.34. The maximum Gasteiger partial charge on any atom is 0.133 e. The lowest BCUT2D eigenvalue weighted by Crippen LogP contribution is -2.50. The number of nitrogens with zero attached hydrogens (tertiary/aromatic N) is 6. The molecule has 0 N–H and O–H groups in total. The average molecular weight is 453 g/mol. The molecule has 1 aromatic carbocycles. The smallest absolute Gasteiger partial charge is 0.133 e. The Balaban J connectivity index is 1.25. The summed E-state index contributed by atoms with van der Waals surface area (Å²) in [5.74, 6) is 0.822. The SMILES string of the molecule is CCn1cc(-c2ccnc(Cc3ccc4c(c3)CCN(C3COC3)C4)n2)c(-c2cccnc2)n1. The molecule has 7 heteroatoms. The lowest BCUT2D eigenvalue weighted by Gasteiger charge is -2.40. The fourth-order valence-corrected chi connectivity index (χ4v) is 4.79. The molecule has 0 amide bonds. The summed E-state index contributed by atoms with van der Waals surface area (Å²) in [5.41, 5.74) is 7.92. The van der Waals surface area contributed by atoms with Crippen LogP contribution in [0.2, 0.25) is 0 Å². The van der Waals surface area contributed by atoms with Gasteiger partial charge in [0.25, 0.3) is 0 Å². The summed E-state index contributed by atoms with van der Waals surface area (Å²) >= 11 is 0. The van der Waals surface area contributed by atoms with Gasteiger partial charge < -0.3 is 4.74 Å². The van der Waals surface area contributed by atoms with Crippen LogP contribution in [0.15, 0.2) is 61.2 Å². The molecule has 2 aliphatic heterocycles. The molecule has 0 radical (unpaired) electrons. The van der Waals surface area contributed by atoms with Gasteiger partial charge in [0.1, 0.15) is 11.5 Å². The third-order valence-corrected chi connectivity index (χ3v) is 6.81. The maximum absolute atomic E-state index is 5.38. The number of rotatable bonds is 6. The molecule has 0 saturated carbocycles. The lowest BCUT2D eigenvalue weighted by molar-refractivity contribution is -0.0695. The molecule has 7 nitrogen and oxygen atoms in total. The summed E-state index contributed by atoms with van der Waals surface area (Å²) < 4.78 is 7.33. The highest BCUT2D eigenvalue weighted by Crippen LogP contribution is 2.30. The summed E-state index contributed by atoms with van der Waals surface area (Å²) in [6, 6.07) is 13.4. The topological polar surface area (TPSA) is 69.0 Å². The van der Waals surface area contributed by atoms with Crippen molar-refractivity contribution in [1.29, 1.82) is 0 Å². The Hall–Kier alpha value is -3.42. The number of fused-ring (bicyclic) bond motifs is 1. The van der Waals surface area contributed by atoms with E-state index >= 15 is 0 Å². The Morgan fingerprint density at radius 1 is 1.09 bits per heavy atom. The van der Waals surface area contributed by atoms with Gasteiger partial charge in [-0.3, -0.25) is 14.6 Å². The molecule has 0 aliphatic carbocycles. The van der Waals surface area contributed by atoms with Crippen molar-refractivity contribution in [2.45, 2.75) is 38.9 Å². The van der Waals surface area contributed by atoms with E-state index in [0.29, 0.717) is 12.5 Å². The molecular weight excluding hydrogens is 424 g/mol. The van der Waals surface area contributed by atoms with Crippen LogP contribution < -0.4 is 0 Å². The van der Waals surface area contributed by atoms with Gasteiger partial charge in [-0.1, -0.05) is 18.2 Å². The molecule has 34 heavy (non-hydrogen) atoms. The summed E-state index contributed by atoms with van der Waals surface area (Å²) in [4.78, 5) is 16.3. The minimum Gasteiger partial charge on any atom is -0.378 e. The standard InChI is InChI=1S/C27H28N6O/c1-2-33-16-24(27(31-33)21-4-3-9-28-14-21)25-7-10-29-26(30-25)13-19-5-6-22-15-32(23-17-34-18-23)11-8-20(22)12-19/h3-7,9-10,12,14,16,23H,2,8,11,13,15,17-18H2,1H3. The predicted molar refractivity (Wildman–Crippen MR) is 130 cm³/mol. The Labute approximate surface area is 199 Å². The zero-order valence-corrected chi connectivity index (χ0v) is 19.4. The average Bonchev–Trinajstić information content (AvgIpc) is 3.29. The fraction of sp³-hybridized carbons (Fsp3) is 0.333. The third kappa shape index (κ3) is 4.13. The maximum atomic E-state index is 5.38. The van der Waals surface area contributed by atoms with Crippen LogP contribution >= 0.6 is 0 Å².